The third kappa shape index (κ3) is 7.65. The highest BCUT2D eigenvalue weighted by atomic mass is 32.2. The van der Waals surface area contributed by atoms with Crippen LogP contribution in [0.15, 0.2) is 66.2 Å². The number of piperazine rings is 1. The minimum absolute atomic E-state index is 0.0832. The van der Waals surface area contributed by atoms with Crippen LogP contribution in [0.1, 0.15) is 32.3 Å². The lowest BCUT2D eigenvalue weighted by Crippen LogP contribution is -2.52. The molecule has 2 aliphatic rings. The number of nitrogens with zero attached hydrogens (tertiary/aromatic N) is 6. The van der Waals surface area contributed by atoms with E-state index in [1.165, 1.54) is 17.0 Å². The average molecular weight is 654 g/mol. The summed E-state index contributed by atoms with van der Waals surface area (Å²) in [4.78, 5) is 51.4. The van der Waals surface area contributed by atoms with Crippen molar-refractivity contribution in [3.8, 4) is 5.75 Å². The van der Waals surface area contributed by atoms with Crippen LogP contribution < -0.4 is 15.0 Å². The number of aryl methyl sites for hydroxylation is 1. The number of carbonyl (C=O) groups excluding carboxylic acids is 3. The molecule has 1 aromatic carbocycles. The summed E-state index contributed by atoms with van der Waals surface area (Å²) in [6.07, 6.45) is 4.64. The van der Waals surface area contributed by atoms with Gasteiger partial charge in [-0.1, -0.05) is 18.2 Å². The lowest BCUT2D eigenvalue weighted by Gasteiger charge is -2.34. The van der Waals surface area contributed by atoms with E-state index in [2.05, 4.69) is 20.2 Å². The maximum absolute atomic E-state index is 13.5. The molecule has 2 fully saturated rings. The Morgan fingerprint density at radius 3 is 2.35 bits per heavy atom. The molecule has 14 nitrogen and oxygen atoms in total. The molecule has 2 saturated heterocycles. The fourth-order valence-electron chi connectivity index (χ4n) is 5.52. The number of anilines is 1. The predicted molar refractivity (Wildman–Crippen MR) is 167 cm³/mol. The molecule has 2 atom stereocenters. The normalized spacial score (nSPS) is 18.0. The quantitative estimate of drug-likeness (QED) is 0.321. The third-order valence-electron chi connectivity index (χ3n) is 7.86. The van der Waals surface area contributed by atoms with Crippen LogP contribution in [0.2, 0.25) is 0 Å². The molecule has 0 saturated carbocycles. The lowest BCUT2D eigenvalue weighted by atomic mass is 10.0. The van der Waals surface area contributed by atoms with Crippen LogP contribution in [-0.2, 0) is 37.8 Å². The van der Waals surface area contributed by atoms with Gasteiger partial charge in [0.25, 0.3) is 10.0 Å². The summed E-state index contributed by atoms with van der Waals surface area (Å²) in [5, 5.41) is 2.58. The third-order valence-corrected chi connectivity index (χ3v) is 9.76. The van der Waals surface area contributed by atoms with Crippen LogP contribution in [0.4, 0.5) is 10.6 Å². The average Bonchev–Trinajstić information content (AvgIpc) is 3.72. The minimum atomic E-state index is -4.03. The van der Waals surface area contributed by atoms with Crippen LogP contribution >= 0.6 is 0 Å². The Morgan fingerprint density at radius 1 is 0.978 bits per heavy atom. The molecule has 46 heavy (non-hydrogen) atoms. The zero-order chi connectivity index (χ0) is 32.8. The fourth-order valence-corrected chi connectivity index (χ4v) is 7.26. The number of amides is 2. The first kappa shape index (κ1) is 32.9. The van der Waals surface area contributed by atoms with Gasteiger partial charge in [-0.2, -0.15) is 4.31 Å². The molecule has 4 heterocycles. The summed E-state index contributed by atoms with van der Waals surface area (Å²) in [5.41, 5.74) is 0.679. The van der Waals surface area contributed by atoms with E-state index in [4.69, 9.17) is 9.47 Å². The van der Waals surface area contributed by atoms with Crippen molar-refractivity contribution in [3.63, 3.8) is 0 Å². The zero-order valence-electron chi connectivity index (χ0n) is 26.1. The summed E-state index contributed by atoms with van der Waals surface area (Å²) in [5.74, 6) is -0.0184. The Hall–Kier alpha value is -4.50. The smallest absolute Gasteiger partial charge is 0.415 e. The Kier molecular flexibility index (Phi) is 10.2. The number of imidazole rings is 1. The summed E-state index contributed by atoms with van der Waals surface area (Å²) < 4.78 is 40.1. The number of sulfonamides is 1. The maximum atomic E-state index is 13.5. The van der Waals surface area contributed by atoms with Gasteiger partial charge in [-0.15, -0.1) is 0 Å². The monoisotopic (exact) mass is 653 g/mol. The highest BCUT2D eigenvalue weighted by molar-refractivity contribution is 7.89. The van der Waals surface area contributed by atoms with Gasteiger partial charge in [-0.25, -0.2) is 28.0 Å². The molecule has 2 aromatic heterocycles. The van der Waals surface area contributed by atoms with E-state index in [0.29, 0.717) is 50.3 Å². The molecule has 2 amide bonds. The van der Waals surface area contributed by atoms with Gasteiger partial charge in [-0.3, -0.25) is 4.79 Å². The fraction of sp³-hybridized carbons (Fsp3) is 0.452. The van der Waals surface area contributed by atoms with E-state index in [-0.39, 0.29) is 18.1 Å². The van der Waals surface area contributed by atoms with E-state index < -0.39 is 46.2 Å². The molecule has 2 aliphatic heterocycles. The molecular formula is C31H39N7O7S. The Morgan fingerprint density at radius 2 is 1.72 bits per heavy atom. The van der Waals surface area contributed by atoms with Gasteiger partial charge in [0, 0.05) is 64.8 Å². The van der Waals surface area contributed by atoms with Gasteiger partial charge >= 0.3 is 12.1 Å². The van der Waals surface area contributed by atoms with Crippen molar-refractivity contribution >= 4 is 33.8 Å². The molecule has 0 aliphatic carbocycles. The Bertz CT molecular complexity index is 1620. The molecule has 246 valence electrons. The van der Waals surface area contributed by atoms with Crippen LogP contribution in [0.25, 0.3) is 0 Å². The van der Waals surface area contributed by atoms with E-state index in [9.17, 15) is 22.8 Å². The SMILES string of the molecule is CC(C)OC(=O)[C@H](Cc1ccc(OC(=O)N2CCN(c3ccccn3)CC2)cc1)NC(=O)[C@@H]1CCCN1S(=O)(=O)c1nccn1C. The van der Waals surface area contributed by atoms with E-state index in [1.807, 2.05) is 18.2 Å². The topological polar surface area (TPSA) is 156 Å². The van der Waals surface area contributed by atoms with Crippen LogP contribution in [0.3, 0.4) is 0 Å². The second kappa shape index (κ2) is 14.3. The van der Waals surface area contributed by atoms with E-state index in [0.717, 1.165) is 10.1 Å². The number of carbonyl (C=O) groups is 3. The van der Waals surface area contributed by atoms with Crippen molar-refractivity contribution in [3.05, 3.63) is 66.6 Å². The first-order chi connectivity index (χ1) is 22.0. The van der Waals surface area contributed by atoms with Gasteiger partial charge in [0.2, 0.25) is 11.1 Å². The molecule has 0 bridgehead atoms. The molecule has 0 spiro atoms. The van der Waals surface area contributed by atoms with Gasteiger partial charge in [0.1, 0.15) is 23.7 Å². The number of rotatable bonds is 10. The van der Waals surface area contributed by atoms with Crippen molar-refractivity contribution in [2.45, 2.75) is 56.5 Å². The van der Waals surface area contributed by atoms with Crippen molar-refractivity contribution in [2.24, 2.45) is 7.05 Å². The number of hydrogen-bond donors (Lipinski definition) is 1. The van der Waals surface area contributed by atoms with E-state index in [1.54, 1.807) is 56.3 Å². The number of ether oxygens (including phenoxy) is 2. The maximum Gasteiger partial charge on any atom is 0.415 e. The number of aromatic nitrogens is 3. The predicted octanol–water partition coefficient (Wildman–Crippen LogP) is 1.97. The first-order valence-corrected chi connectivity index (χ1v) is 16.7. The van der Waals surface area contributed by atoms with Gasteiger partial charge in [0.15, 0.2) is 0 Å². The Balaban J connectivity index is 1.20. The minimum Gasteiger partial charge on any atom is -0.461 e. The van der Waals surface area contributed by atoms with Gasteiger partial charge in [0.05, 0.1) is 6.10 Å². The number of nitrogens with one attached hydrogen (secondary N) is 1. The first-order valence-electron chi connectivity index (χ1n) is 15.2. The lowest BCUT2D eigenvalue weighted by molar-refractivity contribution is -0.151. The molecule has 1 N–H and O–H groups in total. The van der Waals surface area contributed by atoms with Crippen molar-refractivity contribution in [1.29, 1.82) is 0 Å². The molecule has 15 heteroatoms. The summed E-state index contributed by atoms with van der Waals surface area (Å²) in [7, 11) is -2.46. The van der Waals surface area contributed by atoms with Gasteiger partial charge < -0.3 is 29.2 Å². The number of pyridine rings is 1. The zero-order valence-corrected chi connectivity index (χ0v) is 26.9. The van der Waals surface area contributed by atoms with Crippen LogP contribution in [0.5, 0.6) is 5.75 Å². The standard InChI is InChI=1S/C31H39N7O7S/c1-22(2)44-29(40)25(34-28(39)26-7-6-15-38(26)46(42,43)30-33-14-16-35(30)3)21-23-9-11-24(12-10-23)45-31(41)37-19-17-36(18-20-37)27-8-4-5-13-32-27/h4-5,8-14,16,22,25-26H,6-7,15,17-21H2,1-3H3,(H,34,39)/t25-,26-/m0/s1. The highest BCUT2D eigenvalue weighted by Gasteiger charge is 2.42. The molecular weight excluding hydrogens is 614 g/mol. The summed E-state index contributed by atoms with van der Waals surface area (Å²) in [6.45, 7) is 5.83. The van der Waals surface area contributed by atoms with Crippen molar-refractivity contribution in [1.82, 2.24) is 29.1 Å². The second-order valence-corrected chi connectivity index (χ2v) is 13.3. The van der Waals surface area contributed by atoms with E-state index >= 15 is 0 Å². The number of benzene rings is 1. The van der Waals surface area contributed by atoms with Crippen molar-refractivity contribution < 1.29 is 32.3 Å². The molecule has 5 rings (SSSR count). The largest absolute Gasteiger partial charge is 0.461 e. The Labute approximate surface area is 268 Å². The molecule has 3 aromatic rings. The van der Waals surface area contributed by atoms with Crippen molar-refractivity contribution in [2.75, 3.05) is 37.6 Å². The number of esters is 1. The molecule has 0 unspecified atom stereocenters. The van der Waals surface area contributed by atoms with Crippen LogP contribution in [-0.4, -0.2) is 101 Å². The summed E-state index contributed by atoms with van der Waals surface area (Å²) >= 11 is 0. The summed E-state index contributed by atoms with van der Waals surface area (Å²) in [6, 6.07) is 10.3. The highest BCUT2D eigenvalue weighted by Crippen LogP contribution is 2.26. The number of hydrogen-bond acceptors (Lipinski definition) is 10. The van der Waals surface area contributed by atoms with Crippen LogP contribution in [0, 0.1) is 0 Å². The van der Waals surface area contributed by atoms with Gasteiger partial charge in [-0.05, 0) is 56.5 Å². The second-order valence-electron chi connectivity index (χ2n) is 11.5. The molecule has 0 radical (unpaired) electrons.